The molecule has 0 aliphatic carbocycles. The molecule has 0 spiro atoms. The van der Waals surface area contributed by atoms with Crippen LogP contribution in [0.3, 0.4) is 0 Å². The van der Waals surface area contributed by atoms with Gasteiger partial charge in [0.2, 0.25) is 5.91 Å². The molecule has 1 aromatic heterocycles. The Labute approximate surface area is 97.3 Å². The first-order valence-corrected chi connectivity index (χ1v) is 5.59. The van der Waals surface area contributed by atoms with E-state index in [1.807, 2.05) is 25.1 Å². The minimum absolute atomic E-state index is 0.00351. The predicted octanol–water partition coefficient (Wildman–Crippen LogP) is 2.38. The minimum atomic E-state index is -0.00575. The van der Waals surface area contributed by atoms with Gasteiger partial charge in [0, 0.05) is 12.1 Å². The first-order chi connectivity index (χ1) is 7.41. The monoisotopic (exact) mass is 220 g/mol. The zero-order chi connectivity index (χ0) is 12.2. The molecule has 1 heterocycles. The van der Waals surface area contributed by atoms with E-state index >= 15 is 0 Å². The van der Waals surface area contributed by atoms with Crippen LogP contribution in [-0.2, 0) is 11.3 Å². The lowest BCUT2D eigenvalue weighted by Crippen LogP contribution is -2.35. The van der Waals surface area contributed by atoms with Gasteiger partial charge in [-0.25, -0.2) is 0 Å². The van der Waals surface area contributed by atoms with Gasteiger partial charge in [-0.2, -0.15) is 0 Å². The number of amides is 1. The Bertz CT molecular complexity index is 341. The molecule has 0 radical (unpaired) electrons. The average molecular weight is 220 g/mol. The van der Waals surface area contributed by atoms with Crippen molar-refractivity contribution in [3.05, 3.63) is 30.1 Å². The Morgan fingerprint density at radius 2 is 2.12 bits per heavy atom. The summed E-state index contributed by atoms with van der Waals surface area (Å²) in [5.74, 6) is 0.0781. The first-order valence-electron chi connectivity index (χ1n) is 5.59. The van der Waals surface area contributed by atoms with E-state index in [0.717, 1.165) is 5.69 Å². The fourth-order valence-electron chi connectivity index (χ4n) is 1.23. The van der Waals surface area contributed by atoms with Gasteiger partial charge in [-0.15, -0.1) is 0 Å². The van der Waals surface area contributed by atoms with E-state index in [-0.39, 0.29) is 17.2 Å². The number of pyridine rings is 1. The Balaban J connectivity index is 2.48. The predicted molar refractivity (Wildman–Crippen MR) is 64.7 cm³/mol. The van der Waals surface area contributed by atoms with E-state index in [2.05, 4.69) is 31.1 Å². The molecule has 0 aliphatic rings. The van der Waals surface area contributed by atoms with Crippen molar-refractivity contribution in [3.8, 4) is 0 Å². The second-order valence-electron chi connectivity index (χ2n) is 5.13. The van der Waals surface area contributed by atoms with Gasteiger partial charge >= 0.3 is 0 Å². The van der Waals surface area contributed by atoms with Crippen molar-refractivity contribution in [2.45, 2.75) is 34.2 Å². The summed E-state index contributed by atoms with van der Waals surface area (Å²) >= 11 is 0. The number of carbonyl (C=O) groups excluding carboxylic acids is 1. The maximum absolute atomic E-state index is 11.8. The molecule has 0 bridgehead atoms. The molecule has 3 heteroatoms. The molecule has 1 atom stereocenters. The maximum atomic E-state index is 11.8. The Kier molecular flexibility index (Phi) is 4.05. The molecule has 0 unspecified atom stereocenters. The van der Waals surface area contributed by atoms with Gasteiger partial charge in [-0.05, 0) is 17.5 Å². The van der Waals surface area contributed by atoms with Gasteiger partial charge in [0.15, 0.2) is 0 Å². The second kappa shape index (κ2) is 5.10. The number of hydrogen-bond acceptors (Lipinski definition) is 2. The number of nitrogens with one attached hydrogen (secondary N) is 1. The van der Waals surface area contributed by atoms with Crippen LogP contribution in [0.2, 0.25) is 0 Å². The van der Waals surface area contributed by atoms with Gasteiger partial charge < -0.3 is 5.32 Å². The summed E-state index contributed by atoms with van der Waals surface area (Å²) in [4.78, 5) is 16.0. The number of rotatable bonds is 3. The molecule has 3 nitrogen and oxygen atoms in total. The third kappa shape index (κ3) is 3.65. The highest BCUT2D eigenvalue weighted by molar-refractivity contribution is 5.78. The molecule has 1 amide bonds. The Morgan fingerprint density at radius 1 is 1.44 bits per heavy atom. The Morgan fingerprint density at radius 3 is 2.62 bits per heavy atom. The number of carbonyl (C=O) groups is 1. The van der Waals surface area contributed by atoms with E-state index in [1.165, 1.54) is 0 Å². The quantitative estimate of drug-likeness (QED) is 0.849. The zero-order valence-corrected chi connectivity index (χ0v) is 10.4. The Hall–Kier alpha value is -1.38. The summed E-state index contributed by atoms with van der Waals surface area (Å²) in [6.07, 6.45) is 1.73. The molecule has 0 saturated heterocycles. The van der Waals surface area contributed by atoms with E-state index in [1.54, 1.807) is 6.20 Å². The summed E-state index contributed by atoms with van der Waals surface area (Å²) < 4.78 is 0. The van der Waals surface area contributed by atoms with Gasteiger partial charge in [-0.1, -0.05) is 33.8 Å². The standard InChI is InChI=1S/C13H20N2O/c1-10(13(2,3)4)12(16)15-9-11-7-5-6-8-14-11/h5-8,10H,9H2,1-4H3,(H,15,16)/t10-/m1/s1. The molecule has 1 aromatic rings. The van der Waals surface area contributed by atoms with Crippen LogP contribution in [-0.4, -0.2) is 10.9 Å². The summed E-state index contributed by atoms with van der Waals surface area (Å²) in [6, 6.07) is 5.69. The van der Waals surface area contributed by atoms with Crippen LogP contribution in [0.15, 0.2) is 24.4 Å². The van der Waals surface area contributed by atoms with E-state index in [0.29, 0.717) is 6.54 Å². The second-order valence-corrected chi connectivity index (χ2v) is 5.13. The maximum Gasteiger partial charge on any atom is 0.223 e. The van der Waals surface area contributed by atoms with Gasteiger partial charge in [0.1, 0.15) is 0 Å². The normalized spacial score (nSPS) is 13.2. The van der Waals surface area contributed by atoms with E-state index in [4.69, 9.17) is 0 Å². The molecule has 0 fully saturated rings. The van der Waals surface area contributed by atoms with Crippen molar-refractivity contribution < 1.29 is 4.79 Å². The third-order valence-electron chi connectivity index (χ3n) is 2.86. The fourth-order valence-corrected chi connectivity index (χ4v) is 1.23. The van der Waals surface area contributed by atoms with Crippen molar-refractivity contribution in [2.75, 3.05) is 0 Å². The molecule has 0 aliphatic heterocycles. The van der Waals surface area contributed by atoms with Crippen LogP contribution in [0.4, 0.5) is 0 Å². The summed E-state index contributed by atoms with van der Waals surface area (Å²) in [5.41, 5.74) is 0.880. The van der Waals surface area contributed by atoms with Crippen LogP contribution in [0.5, 0.6) is 0 Å². The molecule has 0 saturated carbocycles. The number of nitrogens with zero attached hydrogens (tertiary/aromatic N) is 1. The molecule has 1 N–H and O–H groups in total. The van der Waals surface area contributed by atoms with Crippen molar-refractivity contribution in [3.63, 3.8) is 0 Å². The highest BCUT2D eigenvalue weighted by Gasteiger charge is 2.26. The third-order valence-corrected chi connectivity index (χ3v) is 2.86. The molecular weight excluding hydrogens is 200 g/mol. The van der Waals surface area contributed by atoms with Crippen molar-refractivity contribution in [1.82, 2.24) is 10.3 Å². The van der Waals surface area contributed by atoms with Gasteiger partial charge in [-0.3, -0.25) is 9.78 Å². The lowest BCUT2D eigenvalue weighted by atomic mass is 9.81. The summed E-state index contributed by atoms with van der Waals surface area (Å²) in [5, 5.41) is 2.90. The van der Waals surface area contributed by atoms with Crippen molar-refractivity contribution in [2.24, 2.45) is 11.3 Å². The van der Waals surface area contributed by atoms with Crippen LogP contribution in [0.25, 0.3) is 0 Å². The smallest absolute Gasteiger partial charge is 0.223 e. The first kappa shape index (κ1) is 12.7. The van der Waals surface area contributed by atoms with Gasteiger partial charge in [0.05, 0.1) is 12.2 Å². The SMILES string of the molecule is C[C@H](C(=O)NCc1ccccn1)C(C)(C)C. The number of aromatic nitrogens is 1. The molecule has 88 valence electrons. The highest BCUT2D eigenvalue weighted by atomic mass is 16.1. The highest BCUT2D eigenvalue weighted by Crippen LogP contribution is 2.25. The van der Waals surface area contributed by atoms with E-state index in [9.17, 15) is 4.79 Å². The van der Waals surface area contributed by atoms with E-state index < -0.39 is 0 Å². The lowest BCUT2D eigenvalue weighted by Gasteiger charge is -2.25. The number of hydrogen-bond donors (Lipinski definition) is 1. The fraction of sp³-hybridized carbons (Fsp3) is 0.538. The van der Waals surface area contributed by atoms with Gasteiger partial charge in [0.25, 0.3) is 0 Å². The molecule has 0 aromatic carbocycles. The van der Waals surface area contributed by atoms with Crippen LogP contribution >= 0.6 is 0 Å². The van der Waals surface area contributed by atoms with Crippen LogP contribution in [0.1, 0.15) is 33.4 Å². The van der Waals surface area contributed by atoms with Crippen molar-refractivity contribution in [1.29, 1.82) is 0 Å². The summed E-state index contributed by atoms with van der Waals surface area (Å²) in [6.45, 7) is 8.65. The topological polar surface area (TPSA) is 42.0 Å². The molecule has 16 heavy (non-hydrogen) atoms. The molecule has 1 rings (SSSR count). The van der Waals surface area contributed by atoms with Crippen molar-refractivity contribution >= 4 is 5.91 Å². The zero-order valence-electron chi connectivity index (χ0n) is 10.4. The minimum Gasteiger partial charge on any atom is -0.350 e. The molecular formula is C13H20N2O. The lowest BCUT2D eigenvalue weighted by molar-refractivity contribution is -0.127. The average Bonchev–Trinajstić information content (AvgIpc) is 2.25. The van der Waals surface area contributed by atoms with Crippen LogP contribution in [0, 0.1) is 11.3 Å². The van der Waals surface area contributed by atoms with Crippen LogP contribution < -0.4 is 5.32 Å². The largest absolute Gasteiger partial charge is 0.350 e. The summed E-state index contributed by atoms with van der Waals surface area (Å²) in [7, 11) is 0.